The molecule has 0 bridgehead atoms. The van der Waals surface area contributed by atoms with Crippen LogP contribution in [0.4, 0.5) is 0 Å². The lowest BCUT2D eigenvalue weighted by Gasteiger charge is -2.28. The minimum absolute atomic E-state index is 0.518. The van der Waals surface area contributed by atoms with Crippen molar-refractivity contribution < 1.29 is 0 Å². The second-order valence-electron chi connectivity index (χ2n) is 6.85. The molecule has 132 valence electrons. The Morgan fingerprint density at radius 3 is 2.42 bits per heavy atom. The molecule has 0 aliphatic carbocycles. The topological polar surface area (TPSA) is 23.8 Å². The standard InChI is InChI=1S/C21H31NS2/c1-3-5-7-9-17-15-23-21(24-16-17)19-12-11-18(10-8-6-4-2)20(13-19)14-22/h11-13,17,21H,3-10,15-16H2,1-2H3. The summed E-state index contributed by atoms with van der Waals surface area (Å²) in [7, 11) is 0. The van der Waals surface area contributed by atoms with Crippen molar-refractivity contribution in [1.29, 1.82) is 5.26 Å². The van der Waals surface area contributed by atoms with Gasteiger partial charge in [0.05, 0.1) is 16.2 Å². The maximum Gasteiger partial charge on any atom is 0.0994 e. The highest BCUT2D eigenvalue weighted by Gasteiger charge is 2.23. The van der Waals surface area contributed by atoms with Crippen LogP contribution in [0.15, 0.2) is 18.2 Å². The third kappa shape index (κ3) is 6.05. The van der Waals surface area contributed by atoms with E-state index < -0.39 is 0 Å². The molecule has 0 saturated carbocycles. The fraction of sp³-hybridized carbons (Fsp3) is 0.667. The molecule has 0 N–H and O–H groups in total. The molecule has 1 heterocycles. The zero-order valence-electron chi connectivity index (χ0n) is 15.2. The number of unbranched alkanes of at least 4 members (excludes halogenated alkanes) is 4. The molecule has 1 aromatic rings. The summed E-state index contributed by atoms with van der Waals surface area (Å²) in [4.78, 5) is 0. The normalized spacial score (nSPS) is 20.7. The van der Waals surface area contributed by atoms with Gasteiger partial charge < -0.3 is 0 Å². The number of nitriles is 1. The molecular formula is C21H31NS2. The van der Waals surface area contributed by atoms with Crippen LogP contribution in [0.3, 0.4) is 0 Å². The molecule has 0 aromatic heterocycles. The summed E-state index contributed by atoms with van der Waals surface area (Å²) in [6.07, 6.45) is 10.2. The van der Waals surface area contributed by atoms with Gasteiger partial charge in [0.25, 0.3) is 0 Å². The lowest BCUT2D eigenvalue weighted by Crippen LogP contribution is -2.14. The van der Waals surface area contributed by atoms with Crippen molar-refractivity contribution in [2.75, 3.05) is 11.5 Å². The molecule has 0 unspecified atom stereocenters. The van der Waals surface area contributed by atoms with E-state index in [2.05, 4.69) is 61.6 Å². The van der Waals surface area contributed by atoms with Gasteiger partial charge in [-0.25, -0.2) is 0 Å². The van der Waals surface area contributed by atoms with Gasteiger partial charge in [-0.15, -0.1) is 23.5 Å². The molecule has 0 radical (unpaired) electrons. The van der Waals surface area contributed by atoms with Gasteiger partial charge in [-0.1, -0.05) is 58.1 Å². The summed E-state index contributed by atoms with van der Waals surface area (Å²) >= 11 is 4.17. The number of nitrogens with zero attached hydrogens (tertiary/aromatic N) is 1. The Morgan fingerprint density at radius 2 is 1.75 bits per heavy atom. The minimum Gasteiger partial charge on any atom is -0.192 e. The van der Waals surface area contributed by atoms with Crippen LogP contribution in [0.2, 0.25) is 0 Å². The average molecular weight is 362 g/mol. The summed E-state index contributed by atoms with van der Waals surface area (Å²) < 4.78 is 0.518. The largest absolute Gasteiger partial charge is 0.192 e. The third-order valence-electron chi connectivity index (χ3n) is 4.76. The summed E-state index contributed by atoms with van der Waals surface area (Å²) in [6.45, 7) is 4.50. The lowest BCUT2D eigenvalue weighted by atomic mass is 10.00. The Balaban J connectivity index is 1.90. The molecule has 0 atom stereocenters. The van der Waals surface area contributed by atoms with Crippen molar-refractivity contribution >= 4 is 23.5 Å². The highest BCUT2D eigenvalue weighted by atomic mass is 32.2. The van der Waals surface area contributed by atoms with Crippen molar-refractivity contribution in [2.45, 2.75) is 69.8 Å². The van der Waals surface area contributed by atoms with Gasteiger partial charge in [0, 0.05) is 0 Å². The third-order valence-corrected chi connectivity index (χ3v) is 8.05. The first kappa shape index (κ1) is 19.7. The zero-order chi connectivity index (χ0) is 17.2. The smallest absolute Gasteiger partial charge is 0.0994 e. The van der Waals surface area contributed by atoms with Crippen LogP contribution in [0.5, 0.6) is 0 Å². The number of thioether (sulfide) groups is 2. The van der Waals surface area contributed by atoms with Crippen LogP contribution < -0.4 is 0 Å². The van der Waals surface area contributed by atoms with Crippen LogP contribution in [-0.2, 0) is 6.42 Å². The van der Waals surface area contributed by atoms with Crippen molar-refractivity contribution in [1.82, 2.24) is 0 Å². The van der Waals surface area contributed by atoms with E-state index in [9.17, 15) is 5.26 Å². The monoisotopic (exact) mass is 361 g/mol. The summed E-state index contributed by atoms with van der Waals surface area (Å²) in [5.41, 5.74) is 3.47. The van der Waals surface area contributed by atoms with Crippen LogP contribution in [-0.4, -0.2) is 11.5 Å². The number of aryl methyl sites for hydroxylation is 1. The Bertz CT molecular complexity index is 527. The van der Waals surface area contributed by atoms with Crippen molar-refractivity contribution in [3.63, 3.8) is 0 Å². The van der Waals surface area contributed by atoms with E-state index in [-0.39, 0.29) is 0 Å². The second-order valence-corrected chi connectivity index (χ2v) is 9.42. The quantitative estimate of drug-likeness (QED) is 0.444. The zero-order valence-corrected chi connectivity index (χ0v) is 16.9. The van der Waals surface area contributed by atoms with Crippen LogP contribution in [0.25, 0.3) is 0 Å². The van der Waals surface area contributed by atoms with Crippen molar-refractivity contribution in [3.05, 3.63) is 34.9 Å². The highest BCUT2D eigenvalue weighted by molar-refractivity contribution is 8.16. The summed E-state index contributed by atoms with van der Waals surface area (Å²) in [6, 6.07) is 9.06. The highest BCUT2D eigenvalue weighted by Crippen LogP contribution is 2.46. The molecule has 1 fully saturated rings. The van der Waals surface area contributed by atoms with Crippen LogP contribution in [0.1, 0.15) is 80.1 Å². The van der Waals surface area contributed by atoms with E-state index >= 15 is 0 Å². The Hall–Kier alpha value is -0.590. The van der Waals surface area contributed by atoms with E-state index in [4.69, 9.17) is 0 Å². The van der Waals surface area contributed by atoms with Crippen molar-refractivity contribution in [2.24, 2.45) is 5.92 Å². The van der Waals surface area contributed by atoms with E-state index in [1.165, 1.54) is 67.6 Å². The van der Waals surface area contributed by atoms with Crippen LogP contribution >= 0.6 is 23.5 Å². The van der Waals surface area contributed by atoms with Gasteiger partial charge in [0.15, 0.2) is 0 Å². The van der Waals surface area contributed by atoms with Gasteiger partial charge in [-0.05, 0) is 53.9 Å². The van der Waals surface area contributed by atoms with E-state index in [0.29, 0.717) is 4.58 Å². The molecule has 1 aliphatic rings. The number of benzene rings is 1. The SMILES string of the molecule is CCCCCc1ccc(C2SCC(CCCCC)CS2)cc1C#N. The first-order valence-corrected chi connectivity index (χ1v) is 11.6. The first-order chi connectivity index (χ1) is 11.8. The molecule has 1 aliphatic heterocycles. The van der Waals surface area contributed by atoms with Gasteiger partial charge in [0.2, 0.25) is 0 Å². The van der Waals surface area contributed by atoms with Gasteiger partial charge in [-0.2, -0.15) is 5.26 Å². The van der Waals surface area contributed by atoms with Crippen LogP contribution in [0, 0.1) is 17.2 Å². The maximum atomic E-state index is 9.50. The molecule has 1 saturated heterocycles. The average Bonchev–Trinajstić information content (AvgIpc) is 2.63. The first-order valence-electron chi connectivity index (χ1n) is 9.54. The maximum absolute atomic E-state index is 9.50. The fourth-order valence-corrected chi connectivity index (χ4v) is 6.36. The molecule has 24 heavy (non-hydrogen) atoms. The summed E-state index contributed by atoms with van der Waals surface area (Å²) in [5, 5.41) is 9.50. The lowest BCUT2D eigenvalue weighted by molar-refractivity contribution is 0.546. The molecular weight excluding hydrogens is 330 g/mol. The number of hydrogen-bond donors (Lipinski definition) is 0. The predicted octanol–water partition coefficient (Wildman–Crippen LogP) is 6.97. The second kappa shape index (κ2) is 11.1. The minimum atomic E-state index is 0.518. The van der Waals surface area contributed by atoms with Gasteiger partial charge in [0.1, 0.15) is 0 Å². The molecule has 3 heteroatoms. The van der Waals surface area contributed by atoms with Gasteiger partial charge in [-0.3, -0.25) is 0 Å². The molecule has 0 amide bonds. The van der Waals surface area contributed by atoms with Crippen molar-refractivity contribution in [3.8, 4) is 6.07 Å². The fourth-order valence-electron chi connectivity index (χ4n) is 3.21. The molecule has 2 rings (SSSR count). The molecule has 1 aromatic carbocycles. The Morgan fingerprint density at radius 1 is 1.04 bits per heavy atom. The molecule has 0 spiro atoms. The van der Waals surface area contributed by atoms with Gasteiger partial charge >= 0.3 is 0 Å². The predicted molar refractivity (Wildman–Crippen MR) is 110 cm³/mol. The summed E-state index contributed by atoms with van der Waals surface area (Å²) in [5.74, 6) is 3.44. The van der Waals surface area contributed by atoms with E-state index in [1.54, 1.807) is 0 Å². The Labute approximate surface area is 157 Å². The van der Waals surface area contributed by atoms with E-state index in [0.717, 1.165) is 17.9 Å². The molecule has 1 nitrogen and oxygen atoms in total. The van der Waals surface area contributed by atoms with E-state index in [1.807, 2.05) is 0 Å². The number of hydrogen-bond acceptors (Lipinski definition) is 3. The number of rotatable bonds is 9. The Kier molecular flexibility index (Phi) is 9.13.